The van der Waals surface area contributed by atoms with E-state index in [1.165, 1.54) is 4.90 Å². The average Bonchev–Trinajstić information content (AvgIpc) is 3.22. The topological polar surface area (TPSA) is 114 Å². The van der Waals surface area contributed by atoms with Gasteiger partial charge in [0.2, 0.25) is 5.91 Å². The maximum absolute atomic E-state index is 13.4. The Balaban J connectivity index is 1.94. The second kappa shape index (κ2) is 9.96. The number of carbonyl (C=O) groups excluding carboxylic acids is 2. The fourth-order valence-corrected chi connectivity index (χ4v) is 3.68. The monoisotopic (exact) mass is 434 g/mol. The Morgan fingerprint density at radius 1 is 1.00 bits per heavy atom. The summed E-state index contributed by atoms with van der Waals surface area (Å²) < 4.78 is 5.86. The molecule has 2 amide bonds. The molecule has 1 atom stereocenters. The molecule has 0 saturated heterocycles. The van der Waals surface area contributed by atoms with Gasteiger partial charge in [0, 0.05) is 18.5 Å². The number of aryl methyl sites for hydroxylation is 2. The van der Waals surface area contributed by atoms with Gasteiger partial charge in [-0.1, -0.05) is 47.5 Å². The number of amides is 2. The fourth-order valence-electron chi connectivity index (χ4n) is 3.68. The number of carbonyl (C=O) groups is 3. The lowest BCUT2D eigenvalue weighted by atomic mass is 10.1. The van der Waals surface area contributed by atoms with E-state index < -0.39 is 23.8 Å². The summed E-state index contributed by atoms with van der Waals surface area (Å²) in [6.45, 7) is 4.05. The smallest absolute Gasteiger partial charge is 0.303 e. The van der Waals surface area contributed by atoms with E-state index in [2.05, 4.69) is 0 Å². The number of hydrogen-bond acceptors (Lipinski definition) is 4. The molecule has 0 aliphatic carbocycles. The second-order valence-corrected chi connectivity index (χ2v) is 7.81. The molecule has 7 nitrogen and oxygen atoms in total. The van der Waals surface area contributed by atoms with Gasteiger partial charge in [0.25, 0.3) is 5.91 Å². The van der Waals surface area contributed by atoms with Crippen molar-refractivity contribution < 1.29 is 23.9 Å². The normalized spacial score (nSPS) is 11.7. The molecule has 0 aliphatic heterocycles. The molecule has 0 unspecified atom stereocenters. The Morgan fingerprint density at radius 3 is 2.25 bits per heavy atom. The van der Waals surface area contributed by atoms with Gasteiger partial charge in [0.1, 0.15) is 11.8 Å². The Kier molecular flexibility index (Phi) is 7.10. The van der Waals surface area contributed by atoms with Crippen molar-refractivity contribution in [3.8, 4) is 11.3 Å². The van der Waals surface area contributed by atoms with Crippen LogP contribution in [-0.2, 0) is 16.1 Å². The van der Waals surface area contributed by atoms with E-state index in [9.17, 15) is 14.4 Å². The molecule has 1 heterocycles. The number of furan rings is 1. The second-order valence-electron chi connectivity index (χ2n) is 7.81. The van der Waals surface area contributed by atoms with E-state index in [0.29, 0.717) is 5.76 Å². The van der Waals surface area contributed by atoms with Crippen molar-refractivity contribution in [3.63, 3.8) is 0 Å². The number of rotatable bonds is 9. The van der Waals surface area contributed by atoms with E-state index in [1.54, 1.807) is 12.1 Å². The lowest BCUT2D eigenvalue weighted by Crippen LogP contribution is -2.47. The molecule has 0 spiro atoms. The highest BCUT2D eigenvalue weighted by molar-refractivity contribution is 5.95. The van der Waals surface area contributed by atoms with Crippen LogP contribution in [0.1, 0.15) is 40.1 Å². The van der Waals surface area contributed by atoms with Gasteiger partial charge in [0.15, 0.2) is 5.76 Å². The minimum atomic E-state index is -1.09. The average molecular weight is 434 g/mol. The van der Waals surface area contributed by atoms with Gasteiger partial charge in [0.05, 0.1) is 0 Å². The van der Waals surface area contributed by atoms with Gasteiger partial charge >= 0.3 is 5.97 Å². The minimum Gasteiger partial charge on any atom is -0.481 e. The van der Waals surface area contributed by atoms with Crippen LogP contribution in [0.2, 0.25) is 0 Å². The highest BCUT2D eigenvalue weighted by atomic mass is 16.4. The van der Waals surface area contributed by atoms with Crippen LogP contribution in [0, 0.1) is 13.8 Å². The first kappa shape index (κ1) is 22.8. The number of hydrogen-bond donors (Lipinski definition) is 2. The summed E-state index contributed by atoms with van der Waals surface area (Å²) in [7, 11) is 0. The van der Waals surface area contributed by atoms with Crippen LogP contribution in [0.5, 0.6) is 0 Å². The number of primary amides is 1. The number of nitrogens with zero attached hydrogens (tertiary/aromatic N) is 1. The molecule has 0 fully saturated rings. The van der Waals surface area contributed by atoms with Crippen molar-refractivity contribution in [2.75, 3.05) is 0 Å². The SMILES string of the molecule is Cc1cc(C)cc(-c2ccc(C(=O)N(Cc3ccccc3)[C@@H](CCC(=O)O)C(N)=O)o2)c1. The Morgan fingerprint density at radius 2 is 1.66 bits per heavy atom. The molecule has 3 aromatic rings. The van der Waals surface area contributed by atoms with Crippen LogP contribution in [0.25, 0.3) is 11.3 Å². The highest BCUT2D eigenvalue weighted by Gasteiger charge is 2.31. The lowest BCUT2D eigenvalue weighted by molar-refractivity contribution is -0.137. The zero-order chi connectivity index (χ0) is 23.3. The molecule has 3 N–H and O–H groups in total. The Labute approximate surface area is 186 Å². The van der Waals surface area contributed by atoms with Gasteiger partial charge in [-0.3, -0.25) is 14.4 Å². The third-order valence-corrected chi connectivity index (χ3v) is 5.12. The van der Waals surface area contributed by atoms with Gasteiger partial charge in [-0.25, -0.2) is 0 Å². The largest absolute Gasteiger partial charge is 0.481 e. The highest BCUT2D eigenvalue weighted by Crippen LogP contribution is 2.26. The van der Waals surface area contributed by atoms with Gasteiger partial charge in [-0.2, -0.15) is 0 Å². The molecule has 0 aliphatic rings. The van der Waals surface area contributed by atoms with Gasteiger partial charge < -0.3 is 20.2 Å². The van der Waals surface area contributed by atoms with Crippen molar-refractivity contribution in [1.29, 1.82) is 0 Å². The summed E-state index contributed by atoms with van der Waals surface area (Å²) in [4.78, 5) is 38.0. The standard InChI is InChI=1S/C25H26N2O5/c1-16-12-17(2)14-19(13-16)21-9-10-22(32-21)25(31)27(15-18-6-4-3-5-7-18)20(24(26)30)8-11-23(28)29/h3-7,9-10,12-14,20H,8,11,15H2,1-2H3,(H2,26,30)(H,28,29)/t20-/m0/s1. The van der Waals surface area contributed by atoms with E-state index in [1.807, 2.05) is 62.4 Å². The summed E-state index contributed by atoms with van der Waals surface area (Å²) in [5.74, 6) is -1.79. The van der Waals surface area contributed by atoms with Crippen molar-refractivity contribution in [2.45, 2.75) is 39.3 Å². The van der Waals surface area contributed by atoms with Crippen LogP contribution >= 0.6 is 0 Å². The first-order valence-electron chi connectivity index (χ1n) is 10.3. The maximum Gasteiger partial charge on any atom is 0.303 e. The fraction of sp³-hybridized carbons (Fsp3) is 0.240. The van der Waals surface area contributed by atoms with E-state index in [4.69, 9.17) is 15.3 Å². The molecule has 2 aromatic carbocycles. The quantitative estimate of drug-likeness (QED) is 0.530. The van der Waals surface area contributed by atoms with Crippen LogP contribution in [0.3, 0.4) is 0 Å². The first-order valence-corrected chi connectivity index (χ1v) is 10.3. The number of nitrogens with two attached hydrogens (primary N) is 1. The molecule has 32 heavy (non-hydrogen) atoms. The van der Waals surface area contributed by atoms with Crippen LogP contribution in [-0.4, -0.2) is 33.8 Å². The van der Waals surface area contributed by atoms with Crippen molar-refractivity contribution in [3.05, 3.63) is 83.1 Å². The van der Waals surface area contributed by atoms with Gasteiger partial charge in [-0.05, 0) is 50.1 Å². The first-order chi connectivity index (χ1) is 15.2. The molecule has 0 saturated carbocycles. The number of aliphatic carboxylic acids is 1. The van der Waals surface area contributed by atoms with E-state index in [0.717, 1.165) is 22.3 Å². The number of benzene rings is 2. The van der Waals surface area contributed by atoms with E-state index in [-0.39, 0.29) is 25.1 Å². The predicted octanol–water partition coefficient (Wildman–Crippen LogP) is 3.92. The van der Waals surface area contributed by atoms with Crippen molar-refractivity contribution in [2.24, 2.45) is 5.73 Å². The molecule has 166 valence electrons. The minimum absolute atomic E-state index is 0.0525. The maximum atomic E-state index is 13.4. The summed E-state index contributed by atoms with van der Waals surface area (Å²) in [6.07, 6.45) is -0.383. The van der Waals surface area contributed by atoms with Gasteiger partial charge in [-0.15, -0.1) is 0 Å². The molecule has 7 heteroatoms. The molecule has 0 radical (unpaired) electrons. The Hall–Kier alpha value is -3.87. The molecule has 3 rings (SSSR count). The predicted molar refractivity (Wildman–Crippen MR) is 120 cm³/mol. The zero-order valence-electron chi connectivity index (χ0n) is 18.1. The number of carboxylic acids is 1. The van der Waals surface area contributed by atoms with E-state index >= 15 is 0 Å². The molecular weight excluding hydrogens is 408 g/mol. The third-order valence-electron chi connectivity index (χ3n) is 5.12. The Bertz CT molecular complexity index is 1100. The van der Waals surface area contributed by atoms with Crippen molar-refractivity contribution >= 4 is 17.8 Å². The van der Waals surface area contributed by atoms with Crippen LogP contribution in [0.4, 0.5) is 0 Å². The molecule has 0 bridgehead atoms. The third kappa shape index (κ3) is 5.63. The summed E-state index contributed by atoms with van der Waals surface area (Å²) in [5.41, 5.74) is 9.32. The zero-order valence-corrected chi connectivity index (χ0v) is 18.1. The summed E-state index contributed by atoms with van der Waals surface area (Å²) in [6, 6.07) is 17.3. The lowest BCUT2D eigenvalue weighted by Gasteiger charge is -2.29. The number of carboxylic acid groups (broad SMARTS) is 1. The molecule has 1 aromatic heterocycles. The summed E-state index contributed by atoms with van der Waals surface area (Å²) >= 11 is 0. The van der Waals surface area contributed by atoms with Crippen LogP contribution in [0.15, 0.2) is 65.1 Å². The van der Waals surface area contributed by atoms with Crippen molar-refractivity contribution in [1.82, 2.24) is 4.90 Å². The van der Waals surface area contributed by atoms with Crippen LogP contribution < -0.4 is 5.73 Å². The summed E-state index contributed by atoms with van der Waals surface area (Å²) in [5, 5.41) is 9.07. The molecular formula is C25H26N2O5.